The summed E-state index contributed by atoms with van der Waals surface area (Å²) in [5.74, 6) is 0.507. The van der Waals surface area contributed by atoms with Gasteiger partial charge in [0.15, 0.2) is 0 Å². The molecule has 3 nitrogen and oxygen atoms in total. The molecule has 8 heteroatoms. The van der Waals surface area contributed by atoms with Gasteiger partial charge in [-0.2, -0.15) is 25.8 Å². The van der Waals surface area contributed by atoms with E-state index in [1.165, 1.54) is 14.2 Å². The van der Waals surface area contributed by atoms with E-state index in [2.05, 4.69) is 12.6 Å². The van der Waals surface area contributed by atoms with Gasteiger partial charge in [0.1, 0.15) is 0 Å². The fourth-order valence-corrected chi connectivity index (χ4v) is 3.62. The van der Waals surface area contributed by atoms with Gasteiger partial charge in [-0.3, -0.25) is 0 Å². The Morgan fingerprint density at radius 3 is 2.12 bits per heavy atom. The summed E-state index contributed by atoms with van der Waals surface area (Å²) in [6, 6.07) is 0.481. The first-order valence-corrected chi connectivity index (χ1v) is 7.37. The van der Waals surface area contributed by atoms with Gasteiger partial charge in [0.25, 0.3) is 0 Å². The number of hydrogen-bond acceptors (Lipinski definition) is 4. The van der Waals surface area contributed by atoms with Gasteiger partial charge in [0.05, 0.1) is 0 Å². The fraction of sp³-hybridized carbons (Fsp3) is 1.00. The molecule has 0 rings (SSSR count). The summed E-state index contributed by atoms with van der Waals surface area (Å²) >= 11 is 4.03. The van der Waals surface area contributed by atoms with Gasteiger partial charge in [-0.1, -0.05) is 0 Å². The largest absolute Gasteiger partial charge is 0.501 e. The van der Waals surface area contributed by atoms with Crippen LogP contribution in [0.4, 0.5) is 13.2 Å². The average molecular weight is 278 g/mol. The van der Waals surface area contributed by atoms with Crippen molar-refractivity contribution >= 4 is 21.4 Å². The normalized spacial score (nSPS) is 13.1. The van der Waals surface area contributed by atoms with Gasteiger partial charge < -0.3 is 13.3 Å². The molecule has 0 amide bonds. The number of hydrogen-bond donors (Lipinski definition) is 1. The average Bonchev–Trinajstić information content (AvgIpc) is 2.21. The molecule has 0 fully saturated rings. The van der Waals surface area contributed by atoms with Gasteiger partial charge in [0.2, 0.25) is 0 Å². The first-order chi connectivity index (χ1) is 7.39. The van der Waals surface area contributed by atoms with Crippen LogP contribution in [0.5, 0.6) is 0 Å². The standard InChI is InChI=1S/C8H17F3O3SSi/c1-12-16(13-2,7-6-15)14-5-3-4-8(9,10)11/h15H,3-7H2,1-2H3. The first-order valence-electron chi connectivity index (χ1n) is 4.81. The quantitative estimate of drug-likeness (QED) is 0.420. The molecule has 16 heavy (non-hydrogen) atoms. The van der Waals surface area contributed by atoms with Crippen molar-refractivity contribution in [2.45, 2.75) is 25.1 Å². The summed E-state index contributed by atoms with van der Waals surface area (Å²) in [5.41, 5.74) is 0. The summed E-state index contributed by atoms with van der Waals surface area (Å²) in [5, 5.41) is 0. The molecule has 0 aliphatic rings. The van der Waals surface area contributed by atoms with Crippen LogP contribution in [0.3, 0.4) is 0 Å². The molecule has 0 aliphatic carbocycles. The monoisotopic (exact) mass is 278 g/mol. The Bertz CT molecular complexity index is 188. The Kier molecular flexibility index (Phi) is 7.65. The SMILES string of the molecule is CO[Si](CCS)(OC)OCCCC(F)(F)F. The lowest BCUT2D eigenvalue weighted by molar-refractivity contribution is -0.137. The molecule has 0 radical (unpaired) electrons. The number of halogens is 3. The predicted molar refractivity (Wildman–Crippen MR) is 59.7 cm³/mol. The lowest BCUT2D eigenvalue weighted by Gasteiger charge is -2.25. The van der Waals surface area contributed by atoms with Crippen LogP contribution in [0.2, 0.25) is 6.04 Å². The Balaban J connectivity index is 3.93. The summed E-state index contributed by atoms with van der Waals surface area (Å²) in [6.45, 7) is -0.0127. The van der Waals surface area contributed by atoms with Crippen molar-refractivity contribution in [3.05, 3.63) is 0 Å². The van der Waals surface area contributed by atoms with Gasteiger partial charge in [-0.15, -0.1) is 0 Å². The minimum atomic E-state index is -4.14. The zero-order valence-corrected chi connectivity index (χ0v) is 11.2. The minimum absolute atomic E-state index is 0.0127. The van der Waals surface area contributed by atoms with Crippen molar-refractivity contribution in [2.75, 3.05) is 26.6 Å². The predicted octanol–water partition coefficient (Wildman–Crippen LogP) is 2.51. The Labute approximate surface area is 100 Å². The molecular formula is C8H17F3O3SSi. The molecule has 0 aromatic carbocycles. The molecule has 0 bridgehead atoms. The molecule has 0 unspecified atom stereocenters. The highest BCUT2D eigenvalue weighted by Gasteiger charge is 2.38. The van der Waals surface area contributed by atoms with Gasteiger partial charge >= 0.3 is 15.0 Å². The highest BCUT2D eigenvalue weighted by molar-refractivity contribution is 7.80. The lowest BCUT2D eigenvalue weighted by atomic mass is 10.3. The topological polar surface area (TPSA) is 27.7 Å². The molecule has 0 N–H and O–H groups in total. The van der Waals surface area contributed by atoms with E-state index >= 15 is 0 Å². The molecule has 98 valence electrons. The second kappa shape index (κ2) is 7.54. The zero-order chi connectivity index (χ0) is 12.7. The molecule has 0 saturated carbocycles. The molecule has 0 heterocycles. The molecule has 0 spiro atoms. The van der Waals surface area contributed by atoms with E-state index in [0.29, 0.717) is 11.8 Å². The summed E-state index contributed by atoms with van der Waals surface area (Å²) in [6.07, 6.45) is -5.08. The third-order valence-electron chi connectivity index (χ3n) is 1.97. The first kappa shape index (κ1) is 16.2. The summed E-state index contributed by atoms with van der Waals surface area (Å²) < 4.78 is 51.2. The smallest absolute Gasteiger partial charge is 0.377 e. The number of alkyl halides is 3. The van der Waals surface area contributed by atoms with E-state index in [1.54, 1.807) is 0 Å². The van der Waals surface area contributed by atoms with Crippen LogP contribution in [-0.2, 0) is 13.3 Å². The maximum atomic E-state index is 11.9. The van der Waals surface area contributed by atoms with E-state index in [-0.39, 0.29) is 13.0 Å². The highest BCUT2D eigenvalue weighted by Crippen LogP contribution is 2.22. The van der Waals surface area contributed by atoms with E-state index in [0.717, 1.165) is 0 Å². The summed E-state index contributed by atoms with van der Waals surface area (Å²) in [4.78, 5) is 0. The van der Waals surface area contributed by atoms with E-state index < -0.39 is 21.4 Å². The molecule has 0 aliphatic heterocycles. The molecule has 0 atom stereocenters. The Hall–Kier alpha value is 0.237. The van der Waals surface area contributed by atoms with E-state index in [9.17, 15) is 13.2 Å². The van der Waals surface area contributed by atoms with Crippen molar-refractivity contribution < 1.29 is 26.4 Å². The van der Waals surface area contributed by atoms with Crippen LogP contribution in [0.1, 0.15) is 12.8 Å². The Morgan fingerprint density at radius 2 is 1.75 bits per heavy atom. The van der Waals surface area contributed by atoms with Gasteiger partial charge in [0, 0.05) is 33.3 Å². The van der Waals surface area contributed by atoms with Crippen molar-refractivity contribution in [1.82, 2.24) is 0 Å². The highest BCUT2D eigenvalue weighted by atomic mass is 32.1. The van der Waals surface area contributed by atoms with Crippen LogP contribution >= 0.6 is 12.6 Å². The van der Waals surface area contributed by atoms with Crippen molar-refractivity contribution in [1.29, 1.82) is 0 Å². The van der Waals surface area contributed by atoms with Crippen LogP contribution in [0.25, 0.3) is 0 Å². The van der Waals surface area contributed by atoms with Crippen LogP contribution in [-0.4, -0.2) is 41.6 Å². The van der Waals surface area contributed by atoms with Crippen LogP contribution < -0.4 is 0 Å². The minimum Gasteiger partial charge on any atom is -0.377 e. The van der Waals surface area contributed by atoms with E-state index in [1.807, 2.05) is 0 Å². The fourth-order valence-electron chi connectivity index (χ4n) is 1.11. The van der Waals surface area contributed by atoms with Gasteiger partial charge in [-0.05, 0) is 12.2 Å². The molecule has 0 aromatic heterocycles. The Morgan fingerprint density at radius 1 is 1.19 bits per heavy atom. The third-order valence-corrected chi connectivity index (χ3v) is 5.36. The molecule has 0 aromatic rings. The molecule has 0 saturated heterocycles. The molecular weight excluding hydrogens is 261 g/mol. The zero-order valence-electron chi connectivity index (χ0n) is 9.34. The lowest BCUT2D eigenvalue weighted by Crippen LogP contribution is -2.44. The second-order valence-electron chi connectivity index (χ2n) is 3.13. The number of rotatable bonds is 8. The summed E-state index contributed by atoms with van der Waals surface area (Å²) in [7, 11) is 0.0834. The second-order valence-corrected chi connectivity index (χ2v) is 6.55. The van der Waals surface area contributed by atoms with Crippen molar-refractivity contribution in [3.63, 3.8) is 0 Å². The van der Waals surface area contributed by atoms with Crippen molar-refractivity contribution in [2.24, 2.45) is 0 Å². The van der Waals surface area contributed by atoms with Crippen molar-refractivity contribution in [3.8, 4) is 0 Å². The number of thiol groups is 1. The van der Waals surface area contributed by atoms with Crippen LogP contribution in [0, 0.1) is 0 Å². The maximum absolute atomic E-state index is 11.9. The van der Waals surface area contributed by atoms with E-state index in [4.69, 9.17) is 13.3 Å². The maximum Gasteiger partial charge on any atom is 0.501 e. The van der Waals surface area contributed by atoms with Crippen LogP contribution in [0.15, 0.2) is 0 Å². The van der Waals surface area contributed by atoms with Gasteiger partial charge in [-0.25, -0.2) is 0 Å². The third kappa shape index (κ3) is 6.74.